The summed E-state index contributed by atoms with van der Waals surface area (Å²) in [5, 5.41) is 0.526. The fourth-order valence-corrected chi connectivity index (χ4v) is 4.45. The Labute approximate surface area is 164 Å². The van der Waals surface area contributed by atoms with E-state index in [1.54, 1.807) is 6.07 Å². The lowest BCUT2D eigenvalue weighted by Crippen LogP contribution is -2.46. The highest BCUT2D eigenvalue weighted by molar-refractivity contribution is 7.92. The van der Waals surface area contributed by atoms with Crippen molar-refractivity contribution in [3.05, 3.63) is 52.5 Å². The normalized spacial score (nSPS) is 15.9. The van der Waals surface area contributed by atoms with Crippen molar-refractivity contribution < 1.29 is 8.42 Å². The Kier molecular flexibility index (Phi) is 5.97. The second-order valence-corrected chi connectivity index (χ2v) is 8.62. The molecule has 0 unspecified atom stereocenters. The van der Waals surface area contributed by atoms with Gasteiger partial charge in [0.1, 0.15) is 0 Å². The van der Waals surface area contributed by atoms with Crippen LogP contribution in [0.3, 0.4) is 0 Å². The highest BCUT2D eigenvalue weighted by Crippen LogP contribution is 2.30. The number of piperazine rings is 1. The number of nitrogens with one attached hydrogen (secondary N) is 1. The summed E-state index contributed by atoms with van der Waals surface area (Å²) in [5.74, 6) is 0. The number of para-hydroxylation sites is 2. The number of halogens is 2. The van der Waals surface area contributed by atoms with Gasteiger partial charge in [-0.2, -0.15) is 0 Å². The van der Waals surface area contributed by atoms with Crippen LogP contribution in [0.15, 0.2) is 47.4 Å². The molecule has 1 saturated heterocycles. The van der Waals surface area contributed by atoms with Crippen molar-refractivity contribution in [1.82, 2.24) is 4.90 Å². The van der Waals surface area contributed by atoms with Crippen LogP contribution in [0, 0.1) is 0 Å². The largest absolute Gasteiger partial charge is 0.367 e. The maximum atomic E-state index is 12.8. The number of rotatable bonds is 5. The summed E-state index contributed by atoms with van der Waals surface area (Å²) in [6.45, 7) is 6.82. The highest BCUT2D eigenvalue weighted by Gasteiger charge is 2.21. The lowest BCUT2D eigenvalue weighted by molar-refractivity contribution is 0.271. The molecule has 0 spiro atoms. The highest BCUT2D eigenvalue weighted by atomic mass is 35.5. The quantitative estimate of drug-likeness (QED) is 0.806. The van der Waals surface area contributed by atoms with Crippen LogP contribution >= 0.6 is 23.2 Å². The molecule has 1 aliphatic rings. The van der Waals surface area contributed by atoms with Crippen molar-refractivity contribution in [2.45, 2.75) is 11.8 Å². The van der Waals surface area contributed by atoms with E-state index in [0.717, 1.165) is 38.4 Å². The van der Waals surface area contributed by atoms with Crippen LogP contribution in [-0.2, 0) is 10.0 Å². The first-order valence-electron chi connectivity index (χ1n) is 8.45. The van der Waals surface area contributed by atoms with E-state index >= 15 is 0 Å². The van der Waals surface area contributed by atoms with Crippen LogP contribution in [0.1, 0.15) is 6.92 Å². The first kappa shape index (κ1) is 19.3. The average molecular weight is 414 g/mol. The summed E-state index contributed by atoms with van der Waals surface area (Å²) in [4.78, 5) is 4.66. The maximum absolute atomic E-state index is 12.8. The van der Waals surface area contributed by atoms with Crippen molar-refractivity contribution in [1.29, 1.82) is 0 Å². The predicted octanol–water partition coefficient (Wildman–Crippen LogP) is 3.94. The monoisotopic (exact) mass is 413 g/mol. The lowest BCUT2D eigenvalue weighted by atomic mass is 10.2. The van der Waals surface area contributed by atoms with Crippen LogP contribution in [0.2, 0.25) is 10.0 Å². The SMILES string of the molecule is CCN1CCN(c2ccccc2NS(=O)(=O)c2ccc(Cl)c(Cl)c2)CC1. The third-order valence-corrected chi connectivity index (χ3v) is 6.61. The molecule has 0 aliphatic carbocycles. The van der Waals surface area contributed by atoms with Gasteiger partial charge in [-0.3, -0.25) is 4.72 Å². The molecule has 0 aromatic heterocycles. The lowest BCUT2D eigenvalue weighted by Gasteiger charge is -2.36. The second kappa shape index (κ2) is 8.05. The summed E-state index contributed by atoms with van der Waals surface area (Å²) in [5.41, 5.74) is 1.44. The summed E-state index contributed by atoms with van der Waals surface area (Å²) in [6, 6.07) is 11.7. The molecule has 2 aromatic carbocycles. The molecule has 1 aliphatic heterocycles. The molecule has 5 nitrogen and oxygen atoms in total. The number of sulfonamides is 1. The van der Waals surface area contributed by atoms with E-state index in [9.17, 15) is 8.42 Å². The van der Waals surface area contributed by atoms with E-state index in [2.05, 4.69) is 21.4 Å². The standard InChI is InChI=1S/C18H21Cl2N3O2S/c1-2-22-9-11-23(12-10-22)18-6-4-3-5-17(18)21-26(24,25)14-7-8-15(19)16(20)13-14/h3-8,13,21H,2,9-12H2,1H3. The Morgan fingerprint density at radius 3 is 2.35 bits per heavy atom. The number of likely N-dealkylation sites (N-methyl/N-ethyl adjacent to an activating group) is 1. The van der Waals surface area contributed by atoms with Crippen LogP contribution in [0.5, 0.6) is 0 Å². The van der Waals surface area contributed by atoms with Gasteiger partial charge in [0.25, 0.3) is 10.0 Å². The van der Waals surface area contributed by atoms with E-state index in [0.29, 0.717) is 10.7 Å². The van der Waals surface area contributed by atoms with Gasteiger partial charge in [-0.25, -0.2) is 8.42 Å². The van der Waals surface area contributed by atoms with Crippen molar-refractivity contribution in [2.75, 3.05) is 42.3 Å². The minimum Gasteiger partial charge on any atom is -0.367 e. The zero-order chi connectivity index (χ0) is 18.7. The Bertz CT molecular complexity index is 882. The third kappa shape index (κ3) is 4.26. The summed E-state index contributed by atoms with van der Waals surface area (Å²) >= 11 is 11.8. The van der Waals surface area contributed by atoms with Crippen LogP contribution in [0.25, 0.3) is 0 Å². The zero-order valence-electron chi connectivity index (χ0n) is 14.5. The van der Waals surface area contributed by atoms with Crippen LogP contribution in [-0.4, -0.2) is 46.0 Å². The minimum absolute atomic E-state index is 0.0810. The molecule has 1 N–H and O–H groups in total. The van der Waals surface area contributed by atoms with Crippen LogP contribution in [0.4, 0.5) is 11.4 Å². The Morgan fingerprint density at radius 2 is 1.69 bits per heavy atom. The van der Waals surface area contributed by atoms with Crippen molar-refractivity contribution in [3.63, 3.8) is 0 Å². The van der Waals surface area contributed by atoms with E-state index < -0.39 is 10.0 Å². The molecular formula is C18H21Cl2N3O2S. The first-order valence-corrected chi connectivity index (χ1v) is 10.7. The molecule has 26 heavy (non-hydrogen) atoms. The molecule has 2 aromatic rings. The zero-order valence-corrected chi connectivity index (χ0v) is 16.8. The fraction of sp³-hybridized carbons (Fsp3) is 0.333. The van der Waals surface area contributed by atoms with E-state index in [-0.39, 0.29) is 9.92 Å². The molecule has 3 rings (SSSR count). The van der Waals surface area contributed by atoms with Crippen molar-refractivity contribution >= 4 is 44.6 Å². The molecule has 0 radical (unpaired) electrons. The number of anilines is 2. The number of nitrogens with zero attached hydrogens (tertiary/aromatic N) is 2. The molecule has 0 atom stereocenters. The molecule has 1 fully saturated rings. The second-order valence-electron chi connectivity index (χ2n) is 6.12. The minimum atomic E-state index is -3.76. The maximum Gasteiger partial charge on any atom is 0.262 e. The molecule has 1 heterocycles. The van der Waals surface area contributed by atoms with Gasteiger partial charge in [-0.1, -0.05) is 42.3 Å². The topological polar surface area (TPSA) is 52.6 Å². The number of hydrogen-bond donors (Lipinski definition) is 1. The predicted molar refractivity (Wildman–Crippen MR) is 108 cm³/mol. The van der Waals surface area contributed by atoms with E-state index in [4.69, 9.17) is 23.2 Å². The van der Waals surface area contributed by atoms with Gasteiger partial charge < -0.3 is 9.80 Å². The number of hydrogen-bond acceptors (Lipinski definition) is 4. The Hall–Kier alpha value is -1.47. The molecule has 8 heteroatoms. The Balaban J connectivity index is 1.85. The summed E-state index contributed by atoms with van der Waals surface area (Å²) < 4.78 is 28.2. The van der Waals surface area contributed by atoms with E-state index in [1.165, 1.54) is 18.2 Å². The molecule has 140 valence electrons. The van der Waals surface area contributed by atoms with Crippen molar-refractivity contribution in [3.8, 4) is 0 Å². The van der Waals surface area contributed by atoms with Gasteiger partial charge in [-0.15, -0.1) is 0 Å². The molecular weight excluding hydrogens is 393 g/mol. The van der Waals surface area contributed by atoms with Gasteiger partial charge in [0.15, 0.2) is 0 Å². The molecule has 0 amide bonds. The third-order valence-electron chi connectivity index (χ3n) is 4.51. The average Bonchev–Trinajstić information content (AvgIpc) is 2.64. The summed E-state index contributed by atoms with van der Waals surface area (Å²) in [6.07, 6.45) is 0. The van der Waals surface area contributed by atoms with Crippen LogP contribution < -0.4 is 9.62 Å². The first-order chi connectivity index (χ1) is 12.4. The fourth-order valence-electron chi connectivity index (χ4n) is 2.99. The molecule has 0 saturated carbocycles. The summed E-state index contributed by atoms with van der Waals surface area (Å²) in [7, 11) is -3.76. The van der Waals surface area contributed by atoms with E-state index in [1.807, 2.05) is 18.2 Å². The molecule has 0 bridgehead atoms. The van der Waals surface area contributed by atoms with Gasteiger partial charge in [-0.05, 0) is 36.9 Å². The van der Waals surface area contributed by atoms with Gasteiger partial charge in [0.05, 0.1) is 26.3 Å². The smallest absolute Gasteiger partial charge is 0.262 e. The number of benzene rings is 2. The van der Waals surface area contributed by atoms with Crippen molar-refractivity contribution in [2.24, 2.45) is 0 Å². The Morgan fingerprint density at radius 1 is 1.00 bits per heavy atom. The van der Waals surface area contributed by atoms with Gasteiger partial charge in [0, 0.05) is 26.2 Å². The van der Waals surface area contributed by atoms with Gasteiger partial charge >= 0.3 is 0 Å². The van der Waals surface area contributed by atoms with Gasteiger partial charge in [0.2, 0.25) is 0 Å².